The van der Waals surface area contributed by atoms with Crippen molar-refractivity contribution >= 4 is 17.5 Å². The number of carbonyl (C=O) groups is 1. The van der Waals surface area contributed by atoms with E-state index < -0.39 is 0 Å². The third kappa shape index (κ3) is 5.05. The average molecular weight is 430 g/mol. The number of benzene rings is 2. The molecular weight excluding hydrogens is 398 g/mol. The van der Waals surface area contributed by atoms with Crippen LogP contribution in [-0.2, 0) is 0 Å². The lowest BCUT2D eigenvalue weighted by Gasteiger charge is -2.19. The molecule has 0 radical (unpaired) electrons. The van der Waals surface area contributed by atoms with Crippen molar-refractivity contribution in [3.8, 4) is 28.7 Å². The smallest absolute Gasteiger partial charge is 0.207 e. The molecule has 31 heavy (non-hydrogen) atoms. The van der Waals surface area contributed by atoms with Crippen LogP contribution in [0.1, 0.15) is 29.8 Å². The van der Waals surface area contributed by atoms with Crippen LogP contribution in [0.3, 0.4) is 0 Å². The molecule has 0 unspecified atom stereocenters. The normalized spacial score (nSPS) is 11.0. The summed E-state index contributed by atoms with van der Waals surface area (Å²) < 4.78 is 27.5. The Labute approximate surface area is 184 Å². The predicted molar refractivity (Wildman–Crippen MR) is 123 cm³/mol. The van der Waals surface area contributed by atoms with Gasteiger partial charge in [0.25, 0.3) is 0 Å². The molecule has 0 bridgehead atoms. The third-order valence-electron chi connectivity index (χ3n) is 4.75. The molecule has 168 valence electrons. The molecule has 7 nitrogen and oxygen atoms in total. The highest BCUT2D eigenvalue weighted by atomic mass is 16.5. The summed E-state index contributed by atoms with van der Waals surface area (Å²) >= 11 is 0. The Kier molecular flexibility index (Phi) is 8.19. The molecule has 2 aromatic rings. The van der Waals surface area contributed by atoms with E-state index in [1.165, 1.54) is 28.4 Å². The molecule has 0 saturated carbocycles. The van der Waals surface area contributed by atoms with Gasteiger partial charge in [0, 0.05) is 25.2 Å². The van der Waals surface area contributed by atoms with Gasteiger partial charge in [-0.15, -0.1) is 0 Å². The van der Waals surface area contributed by atoms with E-state index in [4.69, 9.17) is 23.7 Å². The molecule has 2 rings (SSSR count). The van der Waals surface area contributed by atoms with E-state index in [1.54, 1.807) is 25.1 Å². The second kappa shape index (κ2) is 10.6. The van der Waals surface area contributed by atoms with Gasteiger partial charge in [0.1, 0.15) is 5.75 Å². The highest BCUT2D eigenvalue weighted by Crippen LogP contribution is 2.47. The van der Waals surface area contributed by atoms with E-state index in [0.29, 0.717) is 46.3 Å². The van der Waals surface area contributed by atoms with Crippen molar-refractivity contribution in [2.24, 2.45) is 0 Å². The number of hydrogen-bond acceptors (Lipinski definition) is 7. The Morgan fingerprint density at radius 1 is 0.903 bits per heavy atom. The van der Waals surface area contributed by atoms with Crippen molar-refractivity contribution < 1.29 is 28.5 Å². The minimum Gasteiger partial charge on any atom is -0.493 e. The van der Waals surface area contributed by atoms with Crippen LogP contribution in [0.4, 0.5) is 5.69 Å². The number of carbonyl (C=O) groups excluding carboxylic acids is 1. The van der Waals surface area contributed by atoms with Crippen LogP contribution >= 0.6 is 0 Å². The Bertz CT molecular complexity index is 965. The topological polar surface area (TPSA) is 66.5 Å². The van der Waals surface area contributed by atoms with Crippen LogP contribution in [0.2, 0.25) is 0 Å². The number of ether oxygens (including phenoxy) is 5. The number of nitrogens with zero attached hydrogens (tertiary/aromatic N) is 1. The van der Waals surface area contributed by atoms with Crippen LogP contribution < -0.4 is 28.6 Å². The van der Waals surface area contributed by atoms with Crippen molar-refractivity contribution in [2.45, 2.75) is 13.8 Å². The Balaban J connectivity index is 2.54. The van der Waals surface area contributed by atoms with Gasteiger partial charge >= 0.3 is 0 Å². The average Bonchev–Trinajstić information content (AvgIpc) is 2.77. The summed E-state index contributed by atoms with van der Waals surface area (Å²) in [5.74, 6) is 2.37. The van der Waals surface area contributed by atoms with E-state index >= 15 is 0 Å². The molecule has 0 N–H and O–H groups in total. The minimum absolute atomic E-state index is 0.109. The molecule has 0 fully saturated rings. The second-order valence-electron chi connectivity index (χ2n) is 6.93. The largest absolute Gasteiger partial charge is 0.493 e. The Morgan fingerprint density at radius 3 is 2.06 bits per heavy atom. The van der Waals surface area contributed by atoms with Gasteiger partial charge in [0.05, 0.1) is 40.7 Å². The lowest BCUT2D eigenvalue weighted by molar-refractivity contribution is 0.103. The molecule has 0 aliphatic rings. The molecular formula is C24H31NO6. The molecule has 0 atom stereocenters. The van der Waals surface area contributed by atoms with Gasteiger partial charge < -0.3 is 28.6 Å². The fourth-order valence-electron chi connectivity index (χ4n) is 3.28. The summed E-state index contributed by atoms with van der Waals surface area (Å²) in [6, 6.07) is 7.17. The maximum absolute atomic E-state index is 13.2. The first kappa shape index (κ1) is 23.9. The molecule has 2 aromatic carbocycles. The van der Waals surface area contributed by atoms with E-state index in [1.807, 2.05) is 38.1 Å². The summed E-state index contributed by atoms with van der Waals surface area (Å²) in [4.78, 5) is 15.1. The molecule has 7 heteroatoms. The van der Waals surface area contributed by atoms with Gasteiger partial charge in [0.2, 0.25) is 11.5 Å². The first-order chi connectivity index (χ1) is 14.8. The van der Waals surface area contributed by atoms with Crippen LogP contribution in [-0.4, -0.2) is 54.9 Å². The summed E-state index contributed by atoms with van der Waals surface area (Å²) in [6.07, 6.45) is 1.75. The van der Waals surface area contributed by atoms with E-state index in [-0.39, 0.29) is 5.78 Å². The number of allylic oxidation sites excluding steroid dienone is 1. The third-order valence-corrected chi connectivity index (χ3v) is 4.75. The molecule has 0 aromatic heterocycles. The zero-order valence-electron chi connectivity index (χ0n) is 19.5. The maximum Gasteiger partial charge on any atom is 0.207 e. The number of hydrogen-bond donors (Lipinski definition) is 0. The number of Topliss-reactive ketones (excluding diaryl/α,β-unsaturated/α-hetero) is 1. The fourth-order valence-corrected chi connectivity index (χ4v) is 3.28. The van der Waals surface area contributed by atoms with Crippen molar-refractivity contribution in [3.63, 3.8) is 0 Å². The zero-order valence-corrected chi connectivity index (χ0v) is 19.5. The summed E-state index contributed by atoms with van der Waals surface area (Å²) in [5, 5.41) is 0. The first-order valence-electron chi connectivity index (χ1n) is 9.86. The standard InChI is InChI=1S/C24H31NO6/c1-9-31-19-11-10-16(13-18(19)25(3)4)21(26)15(2)12-17-14-20(27-5)23(29-7)24(30-8)22(17)28-6/h10-14H,9H2,1-8H3. The monoisotopic (exact) mass is 429 g/mol. The predicted octanol–water partition coefficient (Wildman–Crippen LogP) is 4.47. The molecule has 0 amide bonds. The maximum atomic E-state index is 13.2. The van der Waals surface area contributed by atoms with Crippen molar-refractivity contribution in [1.29, 1.82) is 0 Å². The Hall–Kier alpha value is -3.35. The van der Waals surface area contributed by atoms with Gasteiger partial charge in [-0.2, -0.15) is 0 Å². The number of ketones is 1. The van der Waals surface area contributed by atoms with Crippen molar-refractivity contribution in [1.82, 2.24) is 0 Å². The molecule has 0 spiro atoms. The fraction of sp³-hybridized carbons (Fsp3) is 0.375. The van der Waals surface area contributed by atoms with Gasteiger partial charge in [-0.25, -0.2) is 0 Å². The van der Waals surface area contributed by atoms with Gasteiger partial charge in [0.15, 0.2) is 17.3 Å². The van der Waals surface area contributed by atoms with Crippen LogP contribution in [0.15, 0.2) is 29.8 Å². The molecule has 0 aliphatic carbocycles. The van der Waals surface area contributed by atoms with E-state index in [2.05, 4.69) is 0 Å². The van der Waals surface area contributed by atoms with Gasteiger partial charge in [-0.05, 0) is 49.8 Å². The van der Waals surface area contributed by atoms with Gasteiger partial charge in [-0.1, -0.05) is 0 Å². The number of anilines is 1. The second-order valence-corrected chi connectivity index (χ2v) is 6.93. The first-order valence-corrected chi connectivity index (χ1v) is 9.86. The zero-order chi connectivity index (χ0) is 23.1. The molecule has 0 saturated heterocycles. The lowest BCUT2D eigenvalue weighted by Crippen LogP contribution is -2.12. The highest BCUT2D eigenvalue weighted by Gasteiger charge is 2.21. The van der Waals surface area contributed by atoms with E-state index in [9.17, 15) is 4.79 Å². The quantitative estimate of drug-likeness (QED) is 0.408. The van der Waals surface area contributed by atoms with Gasteiger partial charge in [-0.3, -0.25) is 4.79 Å². The SMILES string of the molecule is CCOc1ccc(C(=O)C(C)=Cc2cc(OC)c(OC)c(OC)c2OC)cc1N(C)C. The summed E-state index contributed by atoms with van der Waals surface area (Å²) in [7, 11) is 9.95. The number of methoxy groups -OCH3 is 4. The Morgan fingerprint density at radius 2 is 1.55 bits per heavy atom. The van der Waals surface area contributed by atoms with Crippen LogP contribution in [0, 0.1) is 0 Å². The van der Waals surface area contributed by atoms with Crippen molar-refractivity contribution in [3.05, 3.63) is 41.0 Å². The summed E-state index contributed by atoms with van der Waals surface area (Å²) in [5.41, 5.74) is 2.57. The van der Waals surface area contributed by atoms with Crippen LogP contribution in [0.5, 0.6) is 28.7 Å². The van der Waals surface area contributed by atoms with Crippen molar-refractivity contribution in [2.75, 3.05) is 54.0 Å². The number of rotatable bonds is 10. The lowest BCUT2D eigenvalue weighted by atomic mass is 10.0. The molecule has 0 aliphatic heterocycles. The molecule has 0 heterocycles. The summed E-state index contributed by atoms with van der Waals surface area (Å²) in [6.45, 7) is 4.24. The highest BCUT2D eigenvalue weighted by molar-refractivity contribution is 6.11. The minimum atomic E-state index is -0.109. The van der Waals surface area contributed by atoms with E-state index in [0.717, 1.165) is 11.4 Å². The van der Waals surface area contributed by atoms with Crippen LogP contribution in [0.25, 0.3) is 6.08 Å².